The Morgan fingerprint density at radius 1 is 1.07 bits per heavy atom. The third kappa shape index (κ3) is 5.45. The molecule has 27 heavy (non-hydrogen) atoms. The predicted molar refractivity (Wildman–Crippen MR) is 106 cm³/mol. The minimum atomic E-state index is 0.0177. The lowest BCUT2D eigenvalue weighted by molar-refractivity contribution is -0.127. The number of hydrogen-bond acceptors (Lipinski definition) is 3. The van der Waals surface area contributed by atoms with Crippen molar-refractivity contribution in [2.45, 2.75) is 57.2 Å². The molecule has 1 aromatic rings. The van der Waals surface area contributed by atoms with Crippen LogP contribution in [0.15, 0.2) is 30.3 Å². The van der Waals surface area contributed by atoms with Crippen molar-refractivity contribution in [1.29, 1.82) is 0 Å². The summed E-state index contributed by atoms with van der Waals surface area (Å²) in [6.07, 6.45) is 5.42. The van der Waals surface area contributed by atoms with Gasteiger partial charge in [0.15, 0.2) is 0 Å². The van der Waals surface area contributed by atoms with Crippen LogP contribution in [0.1, 0.15) is 44.1 Å². The van der Waals surface area contributed by atoms with Crippen LogP contribution < -0.4 is 11.1 Å². The molecule has 1 aliphatic carbocycles. The van der Waals surface area contributed by atoms with E-state index in [4.69, 9.17) is 5.73 Å². The highest BCUT2D eigenvalue weighted by Crippen LogP contribution is 2.21. The Morgan fingerprint density at radius 2 is 1.70 bits per heavy atom. The summed E-state index contributed by atoms with van der Waals surface area (Å²) in [6, 6.07) is 10.6. The fourth-order valence-electron chi connectivity index (χ4n) is 4.08. The zero-order chi connectivity index (χ0) is 19.2. The molecule has 1 saturated carbocycles. The molecule has 0 atom stereocenters. The van der Waals surface area contributed by atoms with Crippen molar-refractivity contribution in [3.05, 3.63) is 35.9 Å². The molecule has 3 amide bonds. The van der Waals surface area contributed by atoms with Crippen LogP contribution in [0.25, 0.3) is 0 Å². The highest BCUT2D eigenvalue weighted by Gasteiger charge is 2.30. The van der Waals surface area contributed by atoms with E-state index in [9.17, 15) is 9.59 Å². The van der Waals surface area contributed by atoms with Gasteiger partial charge in [-0.3, -0.25) is 4.79 Å². The molecule has 6 nitrogen and oxygen atoms in total. The molecule has 2 fully saturated rings. The van der Waals surface area contributed by atoms with E-state index in [1.54, 1.807) is 4.90 Å². The number of nitrogens with zero attached hydrogens (tertiary/aromatic N) is 2. The Kier molecular flexibility index (Phi) is 6.72. The monoisotopic (exact) mass is 372 g/mol. The SMILES string of the molecule is CN(Cc1ccccc1)C(=O)N1CCC(C(=O)NC2CCC(N)CC2)CC1. The largest absolute Gasteiger partial charge is 0.353 e. The number of hydrogen-bond donors (Lipinski definition) is 2. The number of urea groups is 1. The van der Waals surface area contributed by atoms with Crippen molar-refractivity contribution in [3.63, 3.8) is 0 Å². The van der Waals surface area contributed by atoms with E-state index in [0.717, 1.165) is 44.1 Å². The molecule has 0 aromatic heterocycles. The zero-order valence-corrected chi connectivity index (χ0v) is 16.3. The number of benzene rings is 1. The quantitative estimate of drug-likeness (QED) is 0.851. The van der Waals surface area contributed by atoms with Crippen molar-refractivity contribution >= 4 is 11.9 Å². The lowest BCUT2D eigenvalue weighted by Crippen LogP contribution is -2.49. The number of nitrogens with two attached hydrogens (primary N) is 1. The van der Waals surface area contributed by atoms with Crippen molar-refractivity contribution in [3.8, 4) is 0 Å². The number of rotatable bonds is 4. The van der Waals surface area contributed by atoms with E-state index in [1.807, 2.05) is 42.3 Å². The smallest absolute Gasteiger partial charge is 0.320 e. The van der Waals surface area contributed by atoms with Crippen LogP contribution in [0.4, 0.5) is 4.79 Å². The highest BCUT2D eigenvalue weighted by molar-refractivity contribution is 5.80. The molecule has 1 aromatic carbocycles. The van der Waals surface area contributed by atoms with Crippen molar-refractivity contribution in [2.75, 3.05) is 20.1 Å². The average molecular weight is 373 g/mol. The Hall–Kier alpha value is -2.08. The summed E-state index contributed by atoms with van der Waals surface area (Å²) < 4.78 is 0. The first kappa shape index (κ1) is 19.7. The van der Waals surface area contributed by atoms with Gasteiger partial charge >= 0.3 is 6.03 Å². The van der Waals surface area contributed by atoms with Gasteiger partial charge in [0.1, 0.15) is 0 Å². The summed E-state index contributed by atoms with van der Waals surface area (Å²) in [6.45, 7) is 1.89. The number of amides is 3. The minimum absolute atomic E-state index is 0.0177. The van der Waals surface area contributed by atoms with Gasteiger partial charge in [0, 0.05) is 44.7 Å². The van der Waals surface area contributed by atoms with E-state index in [-0.39, 0.29) is 23.9 Å². The number of nitrogens with one attached hydrogen (secondary N) is 1. The average Bonchev–Trinajstić information content (AvgIpc) is 2.70. The first-order valence-corrected chi connectivity index (χ1v) is 10.1. The van der Waals surface area contributed by atoms with Crippen LogP contribution in [-0.4, -0.2) is 54.0 Å². The molecule has 3 rings (SSSR count). The standard InChI is InChI=1S/C21H32N4O2/c1-24(15-16-5-3-2-4-6-16)21(27)25-13-11-17(12-14-25)20(26)23-19-9-7-18(22)8-10-19/h2-6,17-19H,7-15,22H2,1H3,(H,23,26). The number of piperidine rings is 1. The second-order valence-electron chi connectivity index (χ2n) is 8.01. The zero-order valence-electron chi connectivity index (χ0n) is 16.3. The van der Waals surface area contributed by atoms with E-state index < -0.39 is 0 Å². The number of carbonyl (C=O) groups excluding carboxylic acids is 2. The summed E-state index contributed by atoms with van der Waals surface area (Å²) in [5.74, 6) is 0.171. The number of likely N-dealkylation sites (tertiary alicyclic amines) is 1. The lowest BCUT2D eigenvalue weighted by atomic mass is 9.90. The Bertz CT molecular complexity index is 620. The van der Waals surface area contributed by atoms with Gasteiger partial charge in [-0.25, -0.2) is 4.79 Å². The topological polar surface area (TPSA) is 78.7 Å². The molecule has 6 heteroatoms. The Morgan fingerprint density at radius 3 is 2.33 bits per heavy atom. The first-order chi connectivity index (χ1) is 13.0. The third-order valence-electron chi connectivity index (χ3n) is 5.84. The van der Waals surface area contributed by atoms with Crippen LogP contribution in [0, 0.1) is 5.92 Å². The maximum absolute atomic E-state index is 12.7. The van der Waals surface area contributed by atoms with Crippen LogP contribution in [0.2, 0.25) is 0 Å². The van der Waals surface area contributed by atoms with Crippen LogP contribution >= 0.6 is 0 Å². The summed E-state index contributed by atoms with van der Waals surface area (Å²) in [4.78, 5) is 28.8. The molecule has 1 aliphatic heterocycles. The van der Waals surface area contributed by atoms with Gasteiger partial charge < -0.3 is 20.9 Å². The number of carbonyl (C=O) groups is 2. The predicted octanol–water partition coefficient (Wildman–Crippen LogP) is 2.34. The maximum Gasteiger partial charge on any atom is 0.320 e. The Labute approximate surface area is 162 Å². The van der Waals surface area contributed by atoms with Gasteiger partial charge in [-0.05, 0) is 44.1 Å². The van der Waals surface area contributed by atoms with E-state index in [0.29, 0.717) is 25.7 Å². The van der Waals surface area contributed by atoms with Gasteiger partial charge in [0.05, 0.1) is 0 Å². The summed E-state index contributed by atoms with van der Waals surface area (Å²) in [7, 11) is 1.84. The van der Waals surface area contributed by atoms with Crippen molar-refractivity contribution < 1.29 is 9.59 Å². The second-order valence-corrected chi connectivity index (χ2v) is 8.01. The van der Waals surface area contributed by atoms with Gasteiger partial charge in [0.25, 0.3) is 0 Å². The second kappa shape index (κ2) is 9.22. The summed E-state index contributed by atoms with van der Waals surface area (Å²) >= 11 is 0. The minimum Gasteiger partial charge on any atom is -0.353 e. The fraction of sp³-hybridized carbons (Fsp3) is 0.619. The van der Waals surface area contributed by atoms with Gasteiger partial charge in [-0.1, -0.05) is 30.3 Å². The third-order valence-corrected chi connectivity index (χ3v) is 5.84. The van der Waals surface area contributed by atoms with Gasteiger partial charge in [0.2, 0.25) is 5.91 Å². The summed E-state index contributed by atoms with van der Waals surface area (Å²) in [5.41, 5.74) is 7.05. The Balaban J connectivity index is 1.42. The molecule has 148 valence electrons. The van der Waals surface area contributed by atoms with E-state index in [1.165, 1.54) is 0 Å². The van der Waals surface area contributed by atoms with Crippen LogP contribution in [0.3, 0.4) is 0 Å². The molecule has 0 bridgehead atoms. The summed E-state index contributed by atoms with van der Waals surface area (Å²) in [5, 5.41) is 3.20. The molecular formula is C21H32N4O2. The van der Waals surface area contributed by atoms with Crippen molar-refractivity contribution in [1.82, 2.24) is 15.1 Å². The molecule has 1 saturated heterocycles. The molecule has 3 N–H and O–H groups in total. The molecular weight excluding hydrogens is 340 g/mol. The first-order valence-electron chi connectivity index (χ1n) is 10.1. The van der Waals surface area contributed by atoms with Gasteiger partial charge in [-0.2, -0.15) is 0 Å². The fourth-order valence-corrected chi connectivity index (χ4v) is 4.08. The molecule has 0 unspecified atom stereocenters. The molecule has 1 heterocycles. The maximum atomic E-state index is 12.7. The van der Waals surface area contributed by atoms with Crippen molar-refractivity contribution in [2.24, 2.45) is 11.7 Å². The normalized spacial score (nSPS) is 23.7. The van der Waals surface area contributed by atoms with E-state index in [2.05, 4.69) is 5.32 Å². The van der Waals surface area contributed by atoms with E-state index >= 15 is 0 Å². The van der Waals surface area contributed by atoms with Gasteiger partial charge in [-0.15, -0.1) is 0 Å². The van der Waals surface area contributed by atoms with Crippen LogP contribution in [0.5, 0.6) is 0 Å². The molecule has 2 aliphatic rings. The highest BCUT2D eigenvalue weighted by atomic mass is 16.2. The molecule has 0 radical (unpaired) electrons. The van der Waals surface area contributed by atoms with Crippen LogP contribution in [-0.2, 0) is 11.3 Å². The molecule has 0 spiro atoms. The lowest BCUT2D eigenvalue weighted by Gasteiger charge is -2.35.